The molecule has 4 nitrogen and oxygen atoms in total. The summed E-state index contributed by atoms with van der Waals surface area (Å²) >= 11 is 0. The molecule has 0 aliphatic heterocycles. The highest BCUT2D eigenvalue weighted by molar-refractivity contribution is 5.94. The SMILES string of the molecule is COc1ccc(C(=O)Oc2cccc3oc(C4CC4)cc23)cc1. The maximum Gasteiger partial charge on any atom is 0.343 e. The zero-order valence-electron chi connectivity index (χ0n) is 12.7. The number of fused-ring (bicyclic) bond motifs is 1. The number of hydrogen-bond acceptors (Lipinski definition) is 4. The Labute approximate surface area is 133 Å². The normalized spacial score (nSPS) is 14.0. The largest absolute Gasteiger partial charge is 0.497 e. The fraction of sp³-hybridized carbons (Fsp3) is 0.211. The molecule has 0 N–H and O–H groups in total. The molecule has 1 fully saturated rings. The number of carbonyl (C=O) groups is 1. The molecule has 0 saturated heterocycles. The number of carbonyl (C=O) groups excluding carboxylic acids is 1. The van der Waals surface area contributed by atoms with Crippen LogP contribution in [-0.4, -0.2) is 13.1 Å². The van der Waals surface area contributed by atoms with Gasteiger partial charge in [0.2, 0.25) is 0 Å². The topological polar surface area (TPSA) is 48.7 Å². The van der Waals surface area contributed by atoms with Crippen LogP contribution in [0.1, 0.15) is 34.9 Å². The molecule has 2 aromatic carbocycles. The fourth-order valence-corrected chi connectivity index (χ4v) is 2.60. The Balaban J connectivity index is 1.62. The van der Waals surface area contributed by atoms with Crippen LogP contribution in [0.5, 0.6) is 11.5 Å². The summed E-state index contributed by atoms with van der Waals surface area (Å²) in [4.78, 5) is 12.3. The molecule has 4 rings (SSSR count). The third kappa shape index (κ3) is 2.68. The van der Waals surface area contributed by atoms with Crippen LogP contribution < -0.4 is 9.47 Å². The quantitative estimate of drug-likeness (QED) is 0.524. The van der Waals surface area contributed by atoms with E-state index in [0.29, 0.717) is 23.0 Å². The van der Waals surface area contributed by atoms with Gasteiger partial charge in [0.1, 0.15) is 22.8 Å². The average Bonchev–Trinajstić information content (AvgIpc) is 3.34. The monoisotopic (exact) mass is 308 g/mol. The van der Waals surface area contributed by atoms with Crippen LogP contribution in [0.3, 0.4) is 0 Å². The number of methoxy groups -OCH3 is 1. The molecule has 0 bridgehead atoms. The van der Waals surface area contributed by atoms with Gasteiger partial charge in [0.05, 0.1) is 18.1 Å². The van der Waals surface area contributed by atoms with Crippen LogP contribution in [0.25, 0.3) is 11.0 Å². The molecule has 3 aromatic rings. The molecule has 1 saturated carbocycles. The van der Waals surface area contributed by atoms with E-state index in [0.717, 1.165) is 16.7 Å². The summed E-state index contributed by atoms with van der Waals surface area (Å²) in [5.41, 5.74) is 1.24. The van der Waals surface area contributed by atoms with Crippen molar-refractivity contribution in [1.29, 1.82) is 0 Å². The van der Waals surface area contributed by atoms with Gasteiger partial charge in [-0.15, -0.1) is 0 Å². The number of hydrogen-bond donors (Lipinski definition) is 0. The van der Waals surface area contributed by atoms with Crippen LogP contribution in [0.2, 0.25) is 0 Å². The summed E-state index contributed by atoms with van der Waals surface area (Å²) in [5, 5.41) is 0.844. The number of esters is 1. The Morgan fingerprint density at radius 3 is 2.61 bits per heavy atom. The highest BCUT2D eigenvalue weighted by Crippen LogP contribution is 2.43. The van der Waals surface area contributed by atoms with E-state index in [1.54, 1.807) is 37.4 Å². The Hall–Kier alpha value is -2.75. The minimum atomic E-state index is -0.394. The number of rotatable bonds is 4. The van der Waals surface area contributed by atoms with Gasteiger partial charge in [-0.05, 0) is 55.3 Å². The van der Waals surface area contributed by atoms with Gasteiger partial charge in [0, 0.05) is 5.92 Å². The van der Waals surface area contributed by atoms with Crippen molar-refractivity contribution in [1.82, 2.24) is 0 Å². The predicted molar refractivity (Wildman–Crippen MR) is 86.1 cm³/mol. The molecule has 1 aromatic heterocycles. The first-order valence-corrected chi connectivity index (χ1v) is 7.63. The van der Waals surface area contributed by atoms with E-state index in [-0.39, 0.29) is 0 Å². The van der Waals surface area contributed by atoms with Crippen molar-refractivity contribution in [2.75, 3.05) is 7.11 Å². The van der Waals surface area contributed by atoms with E-state index in [4.69, 9.17) is 13.9 Å². The minimum Gasteiger partial charge on any atom is -0.497 e. The lowest BCUT2D eigenvalue weighted by molar-refractivity contribution is 0.0737. The maximum absolute atomic E-state index is 12.3. The van der Waals surface area contributed by atoms with E-state index in [1.165, 1.54) is 12.8 Å². The standard InChI is InChI=1S/C19H16O4/c1-21-14-9-7-13(8-10-14)19(20)23-17-4-2-3-16-15(17)11-18(22-16)12-5-6-12/h2-4,7-12H,5-6H2,1H3. The third-order valence-electron chi connectivity index (χ3n) is 4.05. The second-order valence-corrected chi connectivity index (χ2v) is 5.71. The van der Waals surface area contributed by atoms with Crippen molar-refractivity contribution in [2.24, 2.45) is 0 Å². The van der Waals surface area contributed by atoms with Crippen LogP contribution in [0.15, 0.2) is 52.9 Å². The van der Waals surface area contributed by atoms with Crippen LogP contribution in [0.4, 0.5) is 0 Å². The molecular formula is C19H16O4. The summed E-state index contributed by atoms with van der Waals surface area (Å²) in [6.45, 7) is 0. The van der Waals surface area contributed by atoms with Gasteiger partial charge in [-0.2, -0.15) is 0 Å². The number of benzene rings is 2. The Morgan fingerprint density at radius 2 is 1.91 bits per heavy atom. The lowest BCUT2D eigenvalue weighted by Gasteiger charge is -2.06. The van der Waals surface area contributed by atoms with E-state index in [2.05, 4.69) is 0 Å². The molecule has 1 aliphatic carbocycles. The summed E-state index contributed by atoms with van der Waals surface area (Å²) in [7, 11) is 1.59. The van der Waals surface area contributed by atoms with Gasteiger partial charge in [-0.1, -0.05) is 6.07 Å². The van der Waals surface area contributed by atoms with Crippen LogP contribution >= 0.6 is 0 Å². The minimum absolute atomic E-state index is 0.394. The van der Waals surface area contributed by atoms with E-state index in [1.807, 2.05) is 18.2 Å². The van der Waals surface area contributed by atoms with Gasteiger partial charge in [0.15, 0.2) is 0 Å². The highest BCUT2D eigenvalue weighted by atomic mass is 16.5. The molecule has 0 spiro atoms. The first-order chi connectivity index (χ1) is 11.2. The van der Waals surface area contributed by atoms with Gasteiger partial charge >= 0.3 is 5.97 Å². The van der Waals surface area contributed by atoms with Gasteiger partial charge in [-0.3, -0.25) is 0 Å². The van der Waals surface area contributed by atoms with Crippen molar-refractivity contribution >= 4 is 16.9 Å². The van der Waals surface area contributed by atoms with E-state index >= 15 is 0 Å². The van der Waals surface area contributed by atoms with Crippen molar-refractivity contribution in [2.45, 2.75) is 18.8 Å². The Bertz CT molecular complexity index is 857. The zero-order valence-corrected chi connectivity index (χ0v) is 12.7. The second kappa shape index (κ2) is 5.47. The zero-order chi connectivity index (χ0) is 15.8. The highest BCUT2D eigenvalue weighted by Gasteiger charge is 2.28. The Kier molecular flexibility index (Phi) is 3.30. The first-order valence-electron chi connectivity index (χ1n) is 7.63. The Morgan fingerprint density at radius 1 is 1.13 bits per heavy atom. The molecular weight excluding hydrogens is 292 g/mol. The summed E-state index contributed by atoms with van der Waals surface area (Å²) < 4.78 is 16.5. The molecule has 1 heterocycles. The van der Waals surface area contributed by atoms with Crippen molar-refractivity contribution < 1.29 is 18.7 Å². The fourth-order valence-electron chi connectivity index (χ4n) is 2.60. The van der Waals surface area contributed by atoms with Crippen molar-refractivity contribution in [3.8, 4) is 11.5 Å². The van der Waals surface area contributed by atoms with E-state index in [9.17, 15) is 4.79 Å². The van der Waals surface area contributed by atoms with Crippen molar-refractivity contribution in [3.05, 3.63) is 59.9 Å². The van der Waals surface area contributed by atoms with Gasteiger partial charge in [-0.25, -0.2) is 4.79 Å². The van der Waals surface area contributed by atoms with Gasteiger partial charge in [0.25, 0.3) is 0 Å². The number of ether oxygens (including phenoxy) is 2. The average molecular weight is 308 g/mol. The summed E-state index contributed by atoms with van der Waals surface area (Å²) in [6.07, 6.45) is 2.33. The first kappa shape index (κ1) is 13.9. The molecule has 0 atom stereocenters. The third-order valence-corrected chi connectivity index (χ3v) is 4.05. The summed E-state index contributed by atoms with van der Waals surface area (Å²) in [5.74, 6) is 2.33. The molecule has 4 heteroatoms. The predicted octanol–water partition coefficient (Wildman–Crippen LogP) is 4.54. The molecule has 1 aliphatic rings. The van der Waals surface area contributed by atoms with Crippen LogP contribution in [-0.2, 0) is 0 Å². The van der Waals surface area contributed by atoms with Crippen LogP contribution in [0, 0.1) is 0 Å². The summed E-state index contributed by atoms with van der Waals surface area (Å²) in [6, 6.07) is 14.4. The second-order valence-electron chi connectivity index (χ2n) is 5.71. The maximum atomic E-state index is 12.3. The molecule has 0 unspecified atom stereocenters. The van der Waals surface area contributed by atoms with Gasteiger partial charge < -0.3 is 13.9 Å². The molecule has 23 heavy (non-hydrogen) atoms. The molecule has 116 valence electrons. The smallest absolute Gasteiger partial charge is 0.343 e. The molecule has 0 amide bonds. The van der Waals surface area contributed by atoms with Crippen molar-refractivity contribution in [3.63, 3.8) is 0 Å². The lowest BCUT2D eigenvalue weighted by atomic mass is 10.2. The number of furan rings is 1. The van der Waals surface area contributed by atoms with E-state index < -0.39 is 5.97 Å². The molecule has 0 radical (unpaired) electrons. The lowest BCUT2D eigenvalue weighted by Crippen LogP contribution is -2.08.